The minimum atomic E-state index is -0.284. The lowest BCUT2D eigenvalue weighted by Crippen LogP contribution is -2.71. The number of halogens is 1. The van der Waals surface area contributed by atoms with Crippen LogP contribution >= 0.6 is 0 Å². The predicted molar refractivity (Wildman–Crippen MR) is 125 cm³/mol. The first-order valence-electron chi connectivity index (χ1n) is 11.6. The molecule has 3 saturated heterocycles. The zero-order valence-corrected chi connectivity index (χ0v) is 18.6. The second kappa shape index (κ2) is 8.35. The molecule has 3 atom stereocenters. The van der Waals surface area contributed by atoms with Gasteiger partial charge in [-0.05, 0) is 56.8 Å². The summed E-state index contributed by atoms with van der Waals surface area (Å²) < 4.78 is 19.2. The summed E-state index contributed by atoms with van der Waals surface area (Å²) >= 11 is 0. The van der Waals surface area contributed by atoms with Crippen molar-refractivity contribution < 1.29 is 9.13 Å². The second-order valence-electron chi connectivity index (χ2n) is 9.23. The van der Waals surface area contributed by atoms with Gasteiger partial charge in [-0.1, -0.05) is 6.07 Å². The quantitative estimate of drug-likeness (QED) is 0.639. The molecule has 3 fully saturated rings. The van der Waals surface area contributed by atoms with Gasteiger partial charge in [0, 0.05) is 42.5 Å². The average molecular weight is 447 g/mol. The van der Waals surface area contributed by atoms with E-state index in [1.54, 1.807) is 6.07 Å². The summed E-state index contributed by atoms with van der Waals surface area (Å²) in [6, 6.07) is 12.9. The number of nitrogens with zero attached hydrogens (tertiary/aromatic N) is 5. The van der Waals surface area contributed by atoms with Crippen LogP contribution in [0.25, 0.3) is 11.3 Å². The van der Waals surface area contributed by atoms with Crippen LogP contribution in [-0.4, -0.2) is 65.3 Å². The standard InChI is InChI=1S/C25H27FN6O/c1-31-9-3-4-17(13-31)25-29-20(11-23(30-25)28-19-6-2-5-18(26)10-19)16-7-8-24(27-12-16)32-14-22-21(32)15-33-22/h2,5-8,10-12,17,21-22H,3-4,9,13-15H2,1H3,(H,28,29,30). The number of rotatable bonds is 5. The van der Waals surface area contributed by atoms with Gasteiger partial charge >= 0.3 is 0 Å². The number of piperidine rings is 1. The van der Waals surface area contributed by atoms with Crippen molar-refractivity contribution in [1.29, 1.82) is 0 Å². The summed E-state index contributed by atoms with van der Waals surface area (Å²) in [7, 11) is 2.14. The molecule has 3 aliphatic rings. The summed E-state index contributed by atoms with van der Waals surface area (Å²) in [5.41, 5.74) is 2.42. The Kier molecular flexibility index (Phi) is 5.19. The van der Waals surface area contributed by atoms with Crippen LogP contribution in [0.2, 0.25) is 0 Å². The van der Waals surface area contributed by atoms with E-state index in [4.69, 9.17) is 19.7 Å². The Morgan fingerprint density at radius 2 is 2.06 bits per heavy atom. The largest absolute Gasteiger partial charge is 0.372 e. The Labute approximate surface area is 192 Å². The van der Waals surface area contributed by atoms with Gasteiger partial charge in [-0.3, -0.25) is 0 Å². The van der Waals surface area contributed by atoms with Crippen molar-refractivity contribution >= 4 is 17.3 Å². The van der Waals surface area contributed by atoms with E-state index in [-0.39, 0.29) is 11.7 Å². The third-order valence-corrected chi connectivity index (χ3v) is 6.86. The number of aromatic nitrogens is 3. The van der Waals surface area contributed by atoms with Crippen LogP contribution in [0.1, 0.15) is 24.6 Å². The zero-order valence-electron chi connectivity index (χ0n) is 18.6. The van der Waals surface area contributed by atoms with Gasteiger partial charge in [-0.2, -0.15) is 0 Å². The zero-order chi connectivity index (χ0) is 22.4. The van der Waals surface area contributed by atoms with E-state index < -0.39 is 0 Å². The Balaban J connectivity index is 1.31. The number of anilines is 3. The molecule has 8 heteroatoms. The molecular formula is C25H27FN6O. The van der Waals surface area contributed by atoms with Gasteiger partial charge in [0.15, 0.2) is 0 Å². The average Bonchev–Trinajstić information content (AvgIpc) is 2.81. The highest BCUT2D eigenvalue weighted by Gasteiger charge is 2.47. The Morgan fingerprint density at radius 1 is 1.12 bits per heavy atom. The summed E-state index contributed by atoms with van der Waals surface area (Å²) in [4.78, 5) is 19.1. The van der Waals surface area contributed by atoms with Crippen molar-refractivity contribution in [1.82, 2.24) is 19.9 Å². The fraction of sp³-hybridized carbons (Fsp3) is 0.400. The van der Waals surface area contributed by atoms with Crippen molar-refractivity contribution in [3.05, 3.63) is 60.3 Å². The third kappa shape index (κ3) is 4.05. The molecule has 0 bridgehead atoms. The van der Waals surface area contributed by atoms with Crippen LogP contribution in [0.5, 0.6) is 0 Å². The molecule has 0 radical (unpaired) electrons. The lowest BCUT2D eigenvalue weighted by Gasteiger charge is -2.55. The number of nitrogens with one attached hydrogen (secondary N) is 1. The van der Waals surface area contributed by atoms with Crippen LogP contribution in [0, 0.1) is 5.82 Å². The van der Waals surface area contributed by atoms with Gasteiger partial charge in [0.05, 0.1) is 24.4 Å². The molecule has 0 saturated carbocycles. The van der Waals surface area contributed by atoms with E-state index >= 15 is 0 Å². The fourth-order valence-corrected chi connectivity index (χ4v) is 4.90. The number of pyridine rings is 1. The fourth-order valence-electron chi connectivity index (χ4n) is 4.90. The first kappa shape index (κ1) is 20.5. The summed E-state index contributed by atoms with van der Waals surface area (Å²) in [5.74, 6) is 2.44. The van der Waals surface area contributed by atoms with Crippen LogP contribution < -0.4 is 10.2 Å². The second-order valence-corrected chi connectivity index (χ2v) is 9.23. The number of fused-ring (bicyclic) bond motifs is 1. The summed E-state index contributed by atoms with van der Waals surface area (Å²) in [6.45, 7) is 3.72. The Hall–Kier alpha value is -3.10. The predicted octanol–water partition coefficient (Wildman–Crippen LogP) is 3.82. The van der Waals surface area contributed by atoms with Crippen molar-refractivity contribution in [2.75, 3.05) is 43.5 Å². The molecule has 7 nitrogen and oxygen atoms in total. The number of hydrogen-bond acceptors (Lipinski definition) is 7. The normalized spacial score (nSPS) is 24.5. The molecule has 3 aliphatic heterocycles. The molecule has 3 aromatic rings. The number of likely N-dealkylation sites (tertiary alicyclic amines) is 1. The van der Waals surface area contributed by atoms with E-state index in [2.05, 4.69) is 34.3 Å². The molecule has 0 spiro atoms. The topological polar surface area (TPSA) is 66.4 Å². The smallest absolute Gasteiger partial charge is 0.135 e. The van der Waals surface area contributed by atoms with E-state index in [0.717, 1.165) is 62.0 Å². The van der Waals surface area contributed by atoms with Crippen molar-refractivity contribution in [2.45, 2.75) is 30.9 Å². The lowest BCUT2D eigenvalue weighted by molar-refractivity contribution is -0.113. The number of morpholine rings is 1. The molecule has 33 heavy (non-hydrogen) atoms. The molecule has 1 aromatic carbocycles. The van der Waals surface area contributed by atoms with Crippen LogP contribution in [-0.2, 0) is 4.74 Å². The maximum Gasteiger partial charge on any atom is 0.135 e. The van der Waals surface area contributed by atoms with Gasteiger partial charge in [0.2, 0.25) is 0 Å². The molecular weight excluding hydrogens is 419 g/mol. The Morgan fingerprint density at radius 3 is 2.76 bits per heavy atom. The van der Waals surface area contributed by atoms with Gasteiger partial charge in [-0.15, -0.1) is 0 Å². The molecule has 3 unspecified atom stereocenters. The van der Waals surface area contributed by atoms with Crippen molar-refractivity contribution in [3.63, 3.8) is 0 Å². The summed E-state index contributed by atoms with van der Waals surface area (Å²) in [5, 5.41) is 3.26. The summed E-state index contributed by atoms with van der Waals surface area (Å²) in [6.07, 6.45) is 4.44. The lowest BCUT2D eigenvalue weighted by atomic mass is 9.95. The number of benzene rings is 1. The van der Waals surface area contributed by atoms with Gasteiger partial charge in [0.1, 0.15) is 23.3 Å². The van der Waals surface area contributed by atoms with Gasteiger partial charge in [-0.25, -0.2) is 19.3 Å². The third-order valence-electron chi connectivity index (χ3n) is 6.86. The molecule has 170 valence electrons. The van der Waals surface area contributed by atoms with Crippen LogP contribution in [0.4, 0.5) is 21.7 Å². The molecule has 1 N–H and O–H groups in total. The highest BCUT2D eigenvalue weighted by Crippen LogP contribution is 2.35. The van der Waals surface area contributed by atoms with E-state index in [1.807, 2.05) is 18.3 Å². The first-order chi connectivity index (χ1) is 16.1. The maximum atomic E-state index is 13.7. The molecule has 0 amide bonds. The van der Waals surface area contributed by atoms with Crippen molar-refractivity contribution in [2.24, 2.45) is 0 Å². The van der Waals surface area contributed by atoms with Crippen LogP contribution in [0.3, 0.4) is 0 Å². The molecule has 5 heterocycles. The molecule has 2 aromatic heterocycles. The highest BCUT2D eigenvalue weighted by atomic mass is 19.1. The number of ether oxygens (including phenoxy) is 1. The minimum Gasteiger partial charge on any atom is -0.372 e. The molecule has 0 aliphatic carbocycles. The first-order valence-corrected chi connectivity index (χ1v) is 11.6. The number of likely N-dealkylation sites (N-methyl/N-ethyl adjacent to an activating group) is 1. The van der Waals surface area contributed by atoms with Gasteiger partial charge < -0.3 is 19.9 Å². The van der Waals surface area contributed by atoms with Crippen LogP contribution in [0.15, 0.2) is 48.7 Å². The Bertz CT molecular complexity index is 1160. The van der Waals surface area contributed by atoms with E-state index in [9.17, 15) is 4.39 Å². The van der Waals surface area contributed by atoms with E-state index in [0.29, 0.717) is 23.7 Å². The minimum absolute atomic E-state index is 0.264. The van der Waals surface area contributed by atoms with Crippen molar-refractivity contribution in [3.8, 4) is 11.3 Å². The highest BCUT2D eigenvalue weighted by molar-refractivity contribution is 5.66. The van der Waals surface area contributed by atoms with Gasteiger partial charge in [0.25, 0.3) is 0 Å². The molecule has 6 rings (SSSR count). The van der Waals surface area contributed by atoms with E-state index in [1.165, 1.54) is 12.1 Å². The maximum absolute atomic E-state index is 13.7. The number of hydrogen-bond donors (Lipinski definition) is 1. The SMILES string of the molecule is CN1CCCC(c2nc(Nc3cccc(F)c3)cc(-c3ccc(N4CC5OCC54)nc3)n2)C1. The monoisotopic (exact) mass is 446 g/mol.